The number of nitro benzene ring substituents is 1. The number of hydrogen-bond donors (Lipinski definition) is 1. The number of non-ortho nitro benzene ring substituents is 1. The van der Waals surface area contributed by atoms with Crippen molar-refractivity contribution < 1.29 is 22.8 Å². The van der Waals surface area contributed by atoms with Crippen LogP contribution in [0.2, 0.25) is 0 Å². The van der Waals surface area contributed by atoms with Gasteiger partial charge in [-0.25, -0.2) is 4.83 Å². The van der Waals surface area contributed by atoms with Gasteiger partial charge in [0, 0.05) is 17.7 Å². The average Bonchev–Trinajstić information content (AvgIpc) is 2.66. The lowest BCUT2D eigenvalue weighted by atomic mass is 10.2. The number of nitrogens with zero attached hydrogens (tertiary/aromatic N) is 2. The summed E-state index contributed by atoms with van der Waals surface area (Å²) in [6.45, 7) is 2.41. The molecule has 0 amide bonds. The first-order valence-electron chi connectivity index (χ1n) is 7.98. The smallest absolute Gasteiger partial charge is 0.276 e. The van der Waals surface area contributed by atoms with Crippen molar-refractivity contribution >= 4 is 21.9 Å². The summed E-state index contributed by atoms with van der Waals surface area (Å²) >= 11 is 0. The molecule has 144 valence electrons. The first kappa shape index (κ1) is 20.2. The standard InChI is InChI=1S/C17H19N3O6S/c1-3-10-26-17-13(6-4-9-16(17)25-2)12-18-19-27(23,24)15-8-5-7-14(11-15)20(21)22/h4-9,11-12,19H,3,10H2,1-2H3/b18-12+. The van der Waals surface area contributed by atoms with Gasteiger partial charge in [0.2, 0.25) is 0 Å². The number of para-hydroxylation sites is 1. The van der Waals surface area contributed by atoms with Crippen molar-refractivity contribution in [1.29, 1.82) is 0 Å². The van der Waals surface area contributed by atoms with E-state index in [4.69, 9.17) is 9.47 Å². The van der Waals surface area contributed by atoms with Crippen LogP contribution in [0, 0.1) is 10.1 Å². The van der Waals surface area contributed by atoms with Gasteiger partial charge in [-0.3, -0.25) is 10.1 Å². The first-order valence-corrected chi connectivity index (χ1v) is 9.46. The number of rotatable bonds is 9. The molecule has 0 saturated carbocycles. The second-order valence-corrected chi connectivity index (χ2v) is 7.00. The van der Waals surface area contributed by atoms with Crippen LogP contribution in [-0.2, 0) is 10.0 Å². The van der Waals surface area contributed by atoms with Gasteiger partial charge < -0.3 is 9.47 Å². The maximum Gasteiger partial charge on any atom is 0.276 e. The molecule has 0 aromatic heterocycles. The van der Waals surface area contributed by atoms with Crippen molar-refractivity contribution in [1.82, 2.24) is 4.83 Å². The fourth-order valence-electron chi connectivity index (χ4n) is 2.14. The van der Waals surface area contributed by atoms with E-state index in [1.54, 1.807) is 18.2 Å². The molecule has 2 rings (SSSR count). The second kappa shape index (κ2) is 8.99. The minimum absolute atomic E-state index is 0.262. The molecule has 0 atom stereocenters. The molecule has 1 N–H and O–H groups in total. The molecule has 2 aromatic rings. The number of benzene rings is 2. The van der Waals surface area contributed by atoms with E-state index in [-0.39, 0.29) is 10.6 Å². The Kier molecular flexibility index (Phi) is 6.72. The molecule has 0 aliphatic heterocycles. The molecule has 9 nitrogen and oxygen atoms in total. The van der Waals surface area contributed by atoms with Gasteiger partial charge in [0.1, 0.15) is 0 Å². The Morgan fingerprint density at radius 3 is 2.67 bits per heavy atom. The van der Waals surface area contributed by atoms with Gasteiger partial charge in [0.15, 0.2) is 11.5 Å². The highest BCUT2D eigenvalue weighted by Gasteiger charge is 2.17. The molecule has 0 saturated heterocycles. The number of methoxy groups -OCH3 is 1. The fourth-order valence-corrected chi connectivity index (χ4v) is 2.97. The summed E-state index contributed by atoms with van der Waals surface area (Å²) in [5.74, 6) is 0.939. The van der Waals surface area contributed by atoms with E-state index in [0.717, 1.165) is 12.5 Å². The minimum atomic E-state index is -4.06. The van der Waals surface area contributed by atoms with E-state index in [9.17, 15) is 18.5 Å². The van der Waals surface area contributed by atoms with Crippen molar-refractivity contribution in [2.45, 2.75) is 18.2 Å². The lowest BCUT2D eigenvalue weighted by Gasteiger charge is -2.12. The molecule has 2 aromatic carbocycles. The third kappa shape index (κ3) is 5.17. The Morgan fingerprint density at radius 1 is 1.26 bits per heavy atom. The summed E-state index contributed by atoms with van der Waals surface area (Å²) in [6, 6.07) is 9.82. The number of hydrogen-bond acceptors (Lipinski definition) is 7. The van der Waals surface area contributed by atoms with Crippen LogP contribution in [0.4, 0.5) is 5.69 Å². The number of sulfonamides is 1. The largest absolute Gasteiger partial charge is 0.493 e. The van der Waals surface area contributed by atoms with Crippen LogP contribution in [0.25, 0.3) is 0 Å². The predicted octanol–water partition coefficient (Wildman–Crippen LogP) is 2.70. The van der Waals surface area contributed by atoms with E-state index >= 15 is 0 Å². The van der Waals surface area contributed by atoms with Crippen molar-refractivity contribution in [3.05, 3.63) is 58.1 Å². The predicted molar refractivity (Wildman–Crippen MR) is 99.8 cm³/mol. The molecule has 27 heavy (non-hydrogen) atoms. The molecule has 0 unspecified atom stereocenters. The molecule has 0 aliphatic carbocycles. The third-order valence-corrected chi connectivity index (χ3v) is 4.62. The maximum atomic E-state index is 12.3. The quantitative estimate of drug-likeness (QED) is 0.397. The minimum Gasteiger partial charge on any atom is -0.493 e. The summed E-state index contributed by atoms with van der Waals surface area (Å²) in [4.78, 5) is 11.9. The van der Waals surface area contributed by atoms with Gasteiger partial charge in [0.05, 0.1) is 29.8 Å². The number of ether oxygens (including phenoxy) is 2. The zero-order valence-corrected chi connectivity index (χ0v) is 15.6. The fraction of sp³-hybridized carbons (Fsp3) is 0.235. The lowest BCUT2D eigenvalue weighted by molar-refractivity contribution is -0.385. The van der Waals surface area contributed by atoms with Crippen molar-refractivity contribution in [3.63, 3.8) is 0 Å². The molecule has 0 heterocycles. The Labute approximate surface area is 156 Å². The summed E-state index contributed by atoms with van der Waals surface area (Å²) in [5.41, 5.74) is 0.189. The van der Waals surface area contributed by atoms with Crippen molar-refractivity contribution in [2.75, 3.05) is 13.7 Å². The Balaban J connectivity index is 2.24. The highest BCUT2D eigenvalue weighted by atomic mass is 32.2. The first-order chi connectivity index (χ1) is 12.9. The van der Waals surface area contributed by atoms with Crippen LogP contribution in [0.15, 0.2) is 52.5 Å². The van der Waals surface area contributed by atoms with Gasteiger partial charge in [-0.1, -0.05) is 19.1 Å². The average molecular weight is 393 g/mol. The molecule has 0 aliphatic rings. The van der Waals surface area contributed by atoms with Crippen LogP contribution in [0.3, 0.4) is 0 Å². The van der Waals surface area contributed by atoms with Crippen LogP contribution >= 0.6 is 0 Å². The lowest BCUT2D eigenvalue weighted by Crippen LogP contribution is -2.18. The van der Waals surface area contributed by atoms with E-state index in [1.807, 2.05) is 11.8 Å². The van der Waals surface area contributed by atoms with E-state index in [0.29, 0.717) is 23.7 Å². The normalized spacial score (nSPS) is 11.3. The maximum absolute atomic E-state index is 12.3. The topological polar surface area (TPSA) is 120 Å². The molecule has 0 radical (unpaired) electrons. The molecule has 0 spiro atoms. The van der Waals surface area contributed by atoms with Crippen LogP contribution in [0.1, 0.15) is 18.9 Å². The molecule has 10 heteroatoms. The SMILES string of the molecule is CCCOc1c(/C=N/NS(=O)(=O)c2cccc([N+](=O)[O-])c2)cccc1OC. The molecule has 0 bridgehead atoms. The van der Waals surface area contributed by atoms with Crippen LogP contribution < -0.4 is 14.3 Å². The number of hydrazone groups is 1. The molecular formula is C17H19N3O6S. The zero-order chi connectivity index (χ0) is 19.9. The van der Waals surface area contributed by atoms with Gasteiger partial charge in [-0.2, -0.15) is 13.5 Å². The summed E-state index contributed by atoms with van der Waals surface area (Å²) in [7, 11) is -2.56. The van der Waals surface area contributed by atoms with Gasteiger partial charge in [-0.05, 0) is 24.6 Å². The number of nitro groups is 1. The van der Waals surface area contributed by atoms with Gasteiger partial charge in [0.25, 0.3) is 15.7 Å². The molecule has 0 fully saturated rings. The van der Waals surface area contributed by atoms with E-state index < -0.39 is 14.9 Å². The summed E-state index contributed by atoms with van der Waals surface area (Å²) in [5, 5.41) is 14.5. The monoisotopic (exact) mass is 393 g/mol. The van der Waals surface area contributed by atoms with E-state index in [2.05, 4.69) is 5.10 Å². The highest BCUT2D eigenvalue weighted by Crippen LogP contribution is 2.30. The second-order valence-electron chi connectivity index (χ2n) is 5.33. The van der Waals surface area contributed by atoms with E-state index in [1.165, 1.54) is 31.5 Å². The van der Waals surface area contributed by atoms with Crippen LogP contribution in [-0.4, -0.2) is 33.3 Å². The van der Waals surface area contributed by atoms with Gasteiger partial charge >= 0.3 is 0 Å². The van der Waals surface area contributed by atoms with Crippen molar-refractivity contribution in [2.24, 2.45) is 5.10 Å². The Bertz CT molecular complexity index is 943. The molecular weight excluding hydrogens is 374 g/mol. The Hall–Kier alpha value is -3.14. The summed E-state index contributed by atoms with van der Waals surface area (Å²) < 4.78 is 35.4. The number of nitrogens with one attached hydrogen (secondary N) is 1. The van der Waals surface area contributed by atoms with Gasteiger partial charge in [-0.15, -0.1) is 0 Å². The van der Waals surface area contributed by atoms with Crippen molar-refractivity contribution in [3.8, 4) is 11.5 Å². The highest BCUT2D eigenvalue weighted by molar-refractivity contribution is 7.89. The Morgan fingerprint density at radius 2 is 2.00 bits per heavy atom. The third-order valence-electron chi connectivity index (χ3n) is 3.40. The van der Waals surface area contributed by atoms with Crippen LogP contribution in [0.5, 0.6) is 11.5 Å². The summed E-state index contributed by atoms with van der Waals surface area (Å²) in [6.07, 6.45) is 2.07. The zero-order valence-electron chi connectivity index (χ0n) is 14.8.